The van der Waals surface area contributed by atoms with Gasteiger partial charge in [0.2, 0.25) is 0 Å². The van der Waals surface area contributed by atoms with Crippen LogP contribution in [0.3, 0.4) is 0 Å². The van der Waals surface area contributed by atoms with Crippen LogP contribution in [0.4, 0.5) is 10.5 Å². The van der Waals surface area contributed by atoms with E-state index in [-0.39, 0.29) is 18.0 Å². The first-order chi connectivity index (χ1) is 10.8. The molecule has 3 N–H and O–H groups in total. The number of amides is 3. The second kappa shape index (κ2) is 9.15. The average Bonchev–Trinajstić information content (AvgIpc) is 2.46. The molecule has 1 aromatic carbocycles. The van der Waals surface area contributed by atoms with Crippen LogP contribution in [0.2, 0.25) is 0 Å². The summed E-state index contributed by atoms with van der Waals surface area (Å²) in [4.78, 5) is 26.0. The molecular formula is C17H28N4O2. The molecule has 0 saturated carbocycles. The number of anilines is 1. The van der Waals surface area contributed by atoms with Crippen LogP contribution in [-0.4, -0.2) is 49.1 Å². The molecule has 0 unspecified atom stereocenters. The number of rotatable bonds is 7. The van der Waals surface area contributed by atoms with Gasteiger partial charge in [0.1, 0.15) is 0 Å². The van der Waals surface area contributed by atoms with Crippen molar-refractivity contribution in [1.82, 2.24) is 15.5 Å². The van der Waals surface area contributed by atoms with E-state index in [0.29, 0.717) is 23.8 Å². The first-order valence-electron chi connectivity index (χ1n) is 7.95. The fourth-order valence-corrected chi connectivity index (χ4v) is 1.87. The van der Waals surface area contributed by atoms with Crippen LogP contribution in [-0.2, 0) is 0 Å². The van der Waals surface area contributed by atoms with Gasteiger partial charge in [-0.1, -0.05) is 6.07 Å². The van der Waals surface area contributed by atoms with Gasteiger partial charge in [0.25, 0.3) is 5.91 Å². The van der Waals surface area contributed by atoms with Crippen LogP contribution in [0.1, 0.15) is 38.1 Å². The number of urea groups is 1. The molecular weight excluding hydrogens is 292 g/mol. The third kappa shape index (κ3) is 7.15. The van der Waals surface area contributed by atoms with Gasteiger partial charge in [-0.05, 0) is 52.9 Å². The summed E-state index contributed by atoms with van der Waals surface area (Å²) in [6.07, 6.45) is 0. The Labute approximate surface area is 138 Å². The quantitative estimate of drug-likeness (QED) is 0.721. The molecule has 0 atom stereocenters. The Morgan fingerprint density at radius 2 is 1.87 bits per heavy atom. The van der Waals surface area contributed by atoms with Crippen molar-refractivity contribution in [1.29, 1.82) is 0 Å². The standard InChI is InChI=1S/C17H28N4O2/c1-12(2)19-17(23)20-15-8-6-7-14(11-15)16(22)18-9-10-21(5)13(3)4/h6-8,11-13H,9-10H2,1-5H3,(H,18,22)(H2,19,20,23). The van der Waals surface area contributed by atoms with Crippen LogP contribution in [0.5, 0.6) is 0 Å². The highest BCUT2D eigenvalue weighted by Crippen LogP contribution is 2.10. The highest BCUT2D eigenvalue weighted by Gasteiger charge is 2.09. The normalized spacial score (nSPS) is 11.0. The van der Waals surface area contributed by atoms with Crippen LogP contribution >= 0.6 is 0 Å². The molecule has 0 aliphatic heterocycles. The van der Waals surface area contributed by atoms with E-state index in [9.17, 15) is 9.59 Å². The minimum Gasteiger partial charge on any atom is -0.351 e. The fraction of sp³-hybridized carbons (Fsp3) is 0.529. The number of nitrogens with one attached hydrogen (secondary N) is 3. The zero-order chi connectivity index (χ0) is 17.4. The van der Waals surface area contributed by atoms with Crippen LogP contribution < -0.4 is 16.0 Å². The van der Waals surface area contributed by atoms with Gasteiger partial charge in [-0.25, -0.2) is 4.79 Å². The Kier molecular flexibility index (Phi) is 7.54. The number of benzene rings is 1. The molecule has 0 heterocycles. The summed E-state index contributed by atoms with van der Waals surface area (Å²) >= 11 is 0. The molecule has 1 rings (SSSR count). The second-order valence-electron chi connectivity index (χ2n) is 6.16. The van der Waals surface area contributed by atoms with Crippen LogP contribution in [0, 0.1) is 0 Å². The van der Waals surface area contributed by atoms with Crippen molar-refractivity contribution in [3.63, 3.8) is 0 Å². The van der Waals surface area contributed by atoms with Gasteiger partial charge in [0, 0.05) is 36.4 Å². The molecule has 6 nitrogen and oxygen atoms in total. The molecule has 128 valence electrons. The van der Waals surface area contributed by atoms with E-state index in [0.717, 1.165) is 6.54 Å². The molecule has 23 heavy (non-hydrogen) atoms. The van der Waals surface area contributed by atoms with E-state index in [1.807, 2.05) is 20.9 Å². The molecule has 0 fully saturated rings. The molecule has 0 saturated heterocycles. The van der Waals surface area contributed by atoms with E-state index < -0.39 is 0 Å². The maximum absolute atomic E-state index is 12.2. The maximum Gasteiger partial charge on any atom is 0.319 e. The fourth-order valence-electron chi connectivity index (χ4n) is 1.87. The number of carbonyl (C=O) groups is 2. The van der Waals surface area contributed by atoms with E-state index in [4.69, 9.17) is 0 Å². The SMILES string of the molecule is CC(C)NC(=O)Nc1cccc(C(=O)NCCN(C)C(C)C)c1. The smallest absolute Gasteiger partial charge is 0.319 e. The van der Waals surface area contributed by atoms with Crippen molar-refractivity contribution in [2.24, 2.45) is 0 Å². The predicted molar refractivity (Wildman–Crippen MR) is 93.8 cm³/mol. The predicted octanol–water partition coefficient (Wildman–Crippen LogP) is 2.29. The third-order valence-electron chi connectivity index (χ3n) is 3.43. The summed E-state index contributed by atoms with van der Waals surface area (Å²) in [7, 11) is 2.02. The Morgan fingerprint density at radius 3 is 2.48 bits per heavy atom. The number of likely N-dealkylation sites (N-methyl/N-ethyl adjacent to an activating group) is 1. The van der Waals surface area contributed by atoms with Crippen molar-refractivity contribution in [2.75, 3.05) is 25.5 Å². The minimum absolute atomic E-state index is 0.0550. The number of carbonyl (C=O) groups excluding carboxylic acids is 2. The first-order valence-corrected chi connectivity index (χ1v) is 7.95. The van der Waals surface area contributed by atoms with Crippen molar-refractivity contribution in [2.45, 2.75) is 39.8 Å². The molecule has 6 heteroatoms. The topological polar surface area (TPSA) is 73.5 Å². The van der Waals surface area contributed by atoms with Gasteiger partial charge in [0.15, 0.2) is 0 Å². The lowest BCUT2D eigenvalue weighted by Crippen LogP contribution is -2.36. The lowest BCUT2D eigenvalue weighted by atomic mass is 10.2. The Morgan fingerprint density at radius 1 is 1.17 bits per heavy atom. The molecule has 3 amide bonds. The molecule has 0 radical (unpaired) electrons. The Hall–Kier alpha value is -2.08. The molecule has 0 aliphatic carbocycles. The summed E-state index contributed by atoms with van der Waals surface area (Å²) in [6.45, 7) is 9.37. The Balaban J connectivity index is 2.55. The monoisotopic (exact) mass is 320 g/mol. The Bertz CT molecular complexity index is 529. The van der Waals surface area contributed by atoms with Gasteiger partial charge in [0.05, 0.1) is 0 Å². The summed E-state index contributed by atoms with van der Waals surface area (Å²) in [5, 5.41) is 8.35. The lowest BCUT2D eigenvalue weighted by Gasteiger charge is -2.20. The average molecular weight is 320 g/mol. The van der Waals surface area contributed by atoms with Crippen molar-refractivity contribution >= 4 is 17.6 Å². The highest BCUT2D eigenvalue weighted by molar-refractivity contribution is 5.96. The molecule has 0 aromatic heterocycles. The van der Waals surface area contributed by atoms with E-state index >= 15 is 0 Å². The van der Waals surface area contributed by atoms with Crippen molar-refractivity contribution < 1.29 is 9.59 Å². The molecule has 0 spiro atoms. The zero-order valence-corrected chi connectivity index (χ0v) is 14.6. The van der Waals surface area contributed by atoms with Crippen molar-refractivity contribution in [3.8, 4) is 0 Å². The largest absolute Gasteiger partial charge is 0.351 e. The summed E-state index contributed by atoms with van der Waals surface area (Å²) in [6, 6.07) is 7.12. The van der Waals surface area contributed by atoms with E-state index in [2.05, 4.69) is 34.7 Å². The maximum atomic E-state index is 12.2. The van der Waals surface area contributed by atoms with Crippen molar-refractivity contribution in [3.05, 3.63) is 29.8 Å². The number of hydrogen-bond acceptors (Lipinski definition) is 3. The lowest BCUT2D eigenvalue weighted by molar-refractivity contribution is 0.0948. The van der Waals surface area contributed by atoms with Crippen LogP contribution in [0.15, 0.2) is 24.3 Å². The van der Waals surface area contributed by atoms with E-state index in [1.54, 1.807) is 24.3 Å². The molecule has 0 aliphatic rings. The first kappa shape index (κ1) is 19.0. The minimum atomic E-state index is -0.281. The van der Waals surface area contributed by atoms with Gasteiger partial charge in [-0.3, -0.25) is 4.79 Å². The van der Waals surface area contributed by atoms with Gasteiger partial charge in [-0.15, -0.1) is 0 Å². The van der Waals surface area contributed by atoms with Gasteiger partial charge >= 0.3 is 6.03 Å². The zero-order valence-electron chi connectivity index (χ0n) is 14.6. The van der Waals surface area contributed by atoms with Gasteiger partial charge < -0.3 is 20.9 Å². The summed E-state index contributed by atoms with van der Waals surface area (Å²) in [5.41, 5.74) is 1.12. The van der Waals surface area contributed by atoms with E-state index in [1.165, 1.54) is 0 Å². The molecule has 1 aromatic rings. The molecule has 0 bridgehead atoms. The van der Waals surface area contributed by atoms with Crippen LogP contribution in [0.25, 0.3) is 0 Å². The third-order valence-corrected chi connectivity index (χ3v) is 3.43. The summed E-state index contributed by atoms with van der Waals surface area (Å²) < 4.78 is 0. The highest BCUT2D eigenvalue weighted by atomic mass is 16.2. The number of nitrogens with zero attached hydrogens (tertiary/aromatic N) is 1. The summed E-state index contributed by atoms with van der Waals surface area (Å²) in [5.74, 6) is -0.143. The van der Waals surface area contributed by atoms with Gasteiger partial charge in [-0.2, -0.15) is 0 Å². The second-order valence-corrected chi connectivity index (χ2v) is 6.16. The number of hydrogen-bond donors (Lipinski definition) is 3.